The fourth-order valence-corrected chi connectivity index (χ4v) is 10.8. The van der Waals surface area contributed by atoms with Crippen molar-refractivity contribution in [2.24, 2.45) is 0 Å². The van der Waals surface area contributed by atoms with Gasteiger partial charge in [-0.05, 0) is 67.8 Å². The van der Waals surface area contributed by atoms with Crippen LogP contribution in [0.3, 0.4) is 0 Å². The first-order chi connectivity index (χ1) is 26.9. The van der Waals surface area contributed by atoms with Gasteiger partial charge in [0.15, 0.2) is 0 Å². The minimum Gasteiger partial charge on any atom is -1.00 e. The van der Waals surface area contributed by atoms with Crippen molar-refractivity contribution in [1.82, 2.24) is 0 Å². The zero-order chi connectivity index (χ0) is 41.8. The smallest absolute Gasteiger partial charge is 1.00 e. The molecule has 0 N–H and O–H groups in total. The average Bonchev–Trinajstić information content (AvgIpc) is 3.88. The monoisotopic (exact) mass is 1120 g/mol. The second kappa shape index (κ2) is 29.5. The van der Waals surface area contributed by atoms with Crippen molar-refractivity contribution >= 4 is 70.1 Å². The number of hydrogen-bond donors (Lipinski definition) is 0. The Bertz CT molecular complexity index is 1890. The van der Waals surface area contributed by atoms with Gasteiger partial charge in [-0.25, -0.2) is 48.5 Å². The topological polar surface area (TPSA) is 0 Å². The van der Waals surface area contributed by atoms with Gasteiger partial charge in [-0.2, -0.15) is 0 Å². The maximum Gasteiger partial charge on any atom is 2.00 e. The molecule has 0 unspecified atom stereocenters. The van der Waals surface area contributed by atoms with Gasteiger partial charge in [-0.1, -0.05) is 165 Å². The fourth-order valence-electron chi connectivity index (χ4n) is 5.11. The Morgan fingerprint density at radius 2 is 0.705 bits per heavy atom. The first kappa shape index (κ1) is 61.1. The Morgan fingerprint density at radius 3 is 0.885 bits per heavy atom. The van der Waals surface area contributed by atoms with E-state index in [4.69, 9.17) is 25.3 Å². The quantitative estimate of drug-likeness (QED) is 0.0489. The molecule has 7 aromatic carbocycles. The molecule has 0 bridgehead atoms. The largest absolute Gasteiger partial charge is 2.00 e. The summed E-state index contributed by atoms with van der Waals surface area (Å²) in [7, 11) is -11.4. The fraction of sp³-hybridized carbons (Fsp3) is 0.130. The summed E-state index contributed by atoms with van der Waals surface area (Å²) in [5, 5.41) is 5.89. The van der Waals surface area contributed by atoms with Crippen LogP contribution in [0.2, 0.25) is 0 Å². The van der Waals surface area contributed by atoms with Crippen molar-refractivity contribution in [3.05, 3.63) is 205 Å². The van der Waals surface area contributed by atoms with Crippen molar-refractivity contribution in [3.8, 4) is 0 Å². The van der Waals surface area contributed by atoms with Gasteiger partial charge in [0.1, 0.15) is 0 Å². The van der Waals surface area contributed by atoms with Crippen molar-refractivity contribution in [2.75, 3.05) is 12.3 Å². The summed E-state index contributed by atoms with van der Waals surface area (Å²) in [6.45, 7) is 6.54. The van der Waals surface area contributed by atoms with E-state index >= 15 is 0 Å². The molecule has 0 spiro atoms. The number of benzene rings is 5. The Balaban J connectivity index is 0. The van der Waals surface area contributed by atoms with E-state index < -0.39 is 7.81 Å². The standard InChI is InChI=1S/C26H24P2.C10H14.2C5H4S.ClH.F6P.Fe.Ni.Ru/c1-5-13-23(14-6-1)27(24-15-7-2-8-16-24)21-22-28(25-17-9-3-10-18-25)26-19-11-4-12-20-26;1-8(2)10-6-4-9(3)5-7-10;2*6-5-3-1-2-4-5;;1-7(2,3,4,5)6;;;/h1-20H,21-22H2;4-8H,1-3H3;2*1-4H;1H;;;;/q;;2*-2;;-1;3*+2/p-1. The van der Waals surface area contributed by atoms with Crippen LogP contribution in [0, 0.1) is 6.92 Å². The second-order valence-electron chi connectivity index (χ2n) is 12.9. The molecule has 0 saturated heterocycles. The molecule has 7 rings (SSSR count). The molecule has 7 aromatic rings. The molecule has 0 aliphatic rings. The van der Waals surface area contributed by atoms with E-state index in [0.717, 1.165) is 9.79 Å². The molecule has 332 valence electrons. The van der Waals surface area contributed by atoms with Crippen LogP contribution < -0.4 is 33.6 Å². The molecule has 0 radical (unpaired) electrons. The Morgan fingerprint density at radius 1 is 0.475 bits per heavy atom. The summed E-state index contributed by atoms with van der Waals surface area (Å²) in [5.41, 5.74) is 2.76. The van der Waals surface area contributed by atoms with Gasteiger partial charge in [0.25, 0.3) is 0 Å². The number of halogens is 7. The van der Waals surface area contributed by atoms with Gasteiger partial charge in [-0.3, -0.25) is 9.79 Å². The maximum atomic E-state index is 9.87. The summed E-state index contributed by atoms with van der Waals surface area (Å²) < 4.78 is 59.2. The van der Waals surface area contributed by atoms with Gasteiger partial charge in [0.2, 0.25) is 0 Å². The molecule has 0 atom stereocenters. The minimum absolute atomic E-state index is 0. The summed E-state index contributed by atoms with van der Waals surface area (Å²) in [5.74, 6) is 0.653. The van der Waals surface area contributed by atoms with Crippen LogP contribution in [-0.2, 0) is 78.3 Å². The van der Waals surface area contributed by atoms with Crippen LogP contribution in [0.1, 0.15) is 30.9 Å². The maximum absolute atomic E-state index is 10.7. The van der Waals surface area contributed by atoms with Gasteiger partial charge < -0.3 is 37.7 Å². The summed E-state index contributed by atoms with van der Waals surface area (Å²) in [6, 6.07) is 68.2. The Hall–Kier alpha value is -1.96. The molecule has 0 saturated carbocycles. The zero-order valence-corrected chi connectivity index (χ0v) is 42.2. The molecule has 0 aromatic heterocycles. The normalized spacial score (nSPS) is 11.1. The summed E-state index contributed by atoms with van der Waals surface area (Å²) in [6.07, 6.45) is 2.41. The molecule has 61 heavy (non-hydrogen) atoms. The summed E-state index contributed by atoms with van der Waals surface area (Å²) >= 11 is 9.49. The molecule has 0 aliphatic heterocycles. The van der Waals surface area contributed by atoms with Crippen LogP contribution >= 0.6 is 23.7 Å². The third-order valence-corrected chi connectivity index (χ3v) is 13.8. The first-order valence-corrected chi connectivity index (χ1v) is 23.9. The molecule has 15 heteroatoms. The third-order valence-electron chi connectivity index (χ3n) is 7.83. The van der Waals surface area contributed by atoms with E-state index in [1.54, 1.807) is 0 Å². The van der Waals surface area contributed by atoms with Gasteiger partial charge in [0.05, 0.1) is 0 Å². The van der Waals surface area contributed by atoms with Crippen LogP contribution in [0.25, 0.3) is 0 Å². The predicted octanol–water partition coefficient (Wildman–Crippen LogP) is 11.4. The number of aryl methyl sites for hydroxylation is 1. The molecule has 0 fully saturated rings. The molecule has 0 nitrogen and oxygen atoms in total. The third kappa shape index (κ3) is 29.2. The minimum atomic E-state index is -10.7. The van der Waals surface area contributed by atoms with Gasteiger partial charge >= 0.3 is 86.0 Å². The van der Waals surface area contributed by atoms with E-state index in [-0.39, 0.29) is 81.3 Å². The zero-order valence-electron chi connectivity index (χ0n) is 33.3. The summed E-state index contributed by atoms with van der Waals surface area (Å²) in [4.78, 5) is 1.85. The molecular weight excluding hydrogens is 1070 g/mol. The van der Waals surface area contributed by atoms with Crippen molar-refractivity contribution < 1.29 is 90.6 Å². The van der Waals surface area contributed by atoms with E-state index in [1.807, 2.05) is 48.5 Å². The number of hydrogen-bond acceptors (Lipinski definition) is 2. The van der Waals surface area contributed by atoms with Crippen LogP contribution in [-0.4, -0.2) is 12.3 Å². The van der Waals surface area contributed by atoms with Crippen molar-refractivity contribution in [2.45, 2.75) is 36.5 Å². The second-order valence-corrected chi connectivity index (χ2v) is 20.4. The van der Waals surface area contributed by atoms with Gasteiger partial charge in [0, 0.05) is 0 Å². The van der Waals surface area contributed by atoms with E-state index in [9.17, 15) is 25.2 Å². The van der Waals surface area contributed by atoms with Crippen molar-refractivity contribution in [3.63, 3.8) is 0 Å². The van der Waals surface area contributed by atoms with Crippen LogP contribution in [0.5, 0.6) is 0 Å². The predicted molar refractivity (Wildman–Crippen MR) is 242 cm³/mol. The van der Waals surface area contributed by atoms with Crippen LogP contribution in [0.15, 0.2) is 204 Å². The van der Waals surface area contributed by atoms with E-state index in [2.05, 4.69) is 166 Å². The van der Waals surface area contributed by atoms with E-state index in [0.29, 0.717) is 5.92 Å². The Labute approximate surface area is 411 Å². The molecule has 0 aliphatic carbocycles. The molecule has 0 amide bonds. The SMILES string of the molecule is Cc1ccc(C(C)C)cc1.F[P-](F)(F)(F)(F)F.[Cl-].[Fe+2].[Ni+2].[Ru+2].[S-][c-]1cccc1.[S-][c-]1cccc1.c1ccc(P(CCP(c2ccccc2)c2ccccc2)c2ccccc2)cc1. The first-order valence-electron chi connectivity index (χ1n) is 18.0. The van der Waals surface area contributed by atoms with Crippen molar-refractivity contribution in [1.29, 1.82) is 0 Å². The van der Waals surface area contributed by atoms with Gasteiger partial charge in [-0.15, -0.1) is 0 Å². The molecule has 0 heterocycles. The number of rotatable bonds is 8. The van der Waals surface area contributed by atoms with E-state index in [1.165, 1.54) is 44.7 Å². The molecular formula is C46H46ClF6FeNiP3RuS2. The average molecular weight is 1120 g/mol. The Kier molecular flexibility index (Phi) is 29.5. The van der Waals surface area contributed by atoms with Crippen LogP contribution in [0.4, 0.5) is 25.2 Å².